The van der Waals surface area contributed by atoms with Gasteiger partial charge in [-0.1, -0.05) is 0 Å². The number of aliphatic hydroxyl groups excluding tert-OH is 1. The second-order valence-electron chi connectivity index (χ2n) is 4.82. The highest BCUT2D eigenvalue weighted by atomic mass is 32.1. The molecule has 1 aliphatic rings. The van der Waals surface area contributed by atoms with Crippen molar-refractivity contribution in [2.24, 2.45) is 5.92 Å². The number of nitrogens with zero attached hydrogens (tertiary/aromatic N) is 2. The minimum atomic E-state index is -0.0536. The molecule has 2 heterocycles. The van der Waals surface area contributed by atoms with Crippen molar-refractivity contribution in [2.75, 3.05) is 6.54 Å². The molecule has 0 spiro atoms. The van der Waals surface area contributed by atoms with Gasteiger partial charge in [-0.15, -0.1) is 11.3 Å². The highest BCUT2D eigenvalue weighted by Crippen LogP contribution is 2.26. The average molecular weight is 251 g/mol. The van der Waals surface area contributed by atoms with Crippen LogP contribution in [0.15, 0.2) is 11.6 Å². The lowest BCUT2D eigenvalue weighted by Crippen LogP contribution is -2.36. The Balaban J connectivity index is 1.60. The van der Waals surface area contributed by atoms with Crippen molar-refractivity contribution in [3.8, 4) is 0 Å². The smallest absolute Gasteiger partial charge is 0.194 e. The number of imidazole rings is 1. The van der Waals surface area contributed by atoms with Crippen LogP contribution in [0, 0.1) is 12.8 Å². The van der Waals surface area contributed by atoms with Crippen molar-refractivity contribution in [1.29, 1.82) is 0 Å². The molecule has 0 amide bonds. The Hall–Kier alpha value is -0.910. The molecule has 2 N–H and O–H groups in total. The molecule has 3 rings (SSSR count). The van der Waals surface area contributed by atoms with E-state index in [0.29, 0.717) is 5.92 Å². The normalized spacial score (nSPS) is 24.1. The summed E-state index contributed by atoms with van der Waals surface area (Å²) in [6.07, 6.45) is 3.92. The highest BCUT2D eigenvalue weighted by Gasteiger charge is 2.26. The zero-order valence-corrected chi connectivity index (χ0v) is 10.7. The van der Waals surface area contributed by atoms with E-state index in [0.717, 1.165) is 36.6 Å². The van der Waals surface area contributed by atoms with Crippen LogP contribution >= 0.6 is 11.3 Å². The van der Waals surface area contributed by atoms with Gasteiger partial charge in [0.25, 0.3) is 0 Å². The van der Waals surface area contributed by atoms with Gasteiger partial charge in [0, 0.05) is 18.1 Å². The predicted molar refractivity (Wildman–Crippen MR) is 68.2 cm³/mol. The van der Waals surface area contributed by atoms with E-state index in [1.165, 1.54) is 5.69 Å². The van der Waals surface area contributed by atoms with Gasteiger partial charge in [-0.05, 0) is 32.2 Å². The van der Waals surface area contributed by atoms with Crippen molar-refractivity contribution < 1.29 is 5.11 Å². The fourth-order valence-corrected chi connectivity index (χ4v) is 3.19. The maximum Gasteiger partial charge on any atom is 0.194 e. The number of aliphatic hydroxyl groups is 1. The summed E-state index contributed by atoms with van der Waals surface area (Å²) in [6, 6.07) is 0. The average Bonchev–Trinajstić information content (AvgIpc) is 2.78. The Morgan fingerprint density at radius 3 is 3.18 bits per heavy atom. The van der Waals surface area contributed by atoms with Crippen molar-refractivity contribution in [2.45, 2.75) is 32.4 Å². The van der Waals surface area contributed by atoms with Gasteiger partial charge in [-0.2, -0.15) is 0 Å². The number of hydrogen-bond acceptors (Lipinski definition) is 4. The summed E-state index contributed by atoms with van der Waals surface area (Å²) in [7, 11) is 0. The molecular formula is C12H17N3OS. The van der Waals surface area contributed by atoms with E-state index < -0.39 is 0 Å². The van der Waals surface area contributed by atoms with Gasteiger partial charge in [0.05, 0.1) is 17.5 Å². The van der Waals surface area contributed by atoms with Gasteiger partial charge < -0.3 is 10.4 Å². The minimum Gasteiger partial charge on any atom is -0.393 e. The summed E-state index contributed by atoms with van der Waals surface area (Å²) in [4.78, 5) is 5.59. The standard InChI is InChI=1S/C12H17N3OS/c1-8-11(15-2-3-17-12(15)14-8)7-13-6-9-4-10(16)5-9/h2-3,9-10,13,16H,4-7H2,1H3. The molecule has 17 heavy (non-hydrogen) atoms. The Bertz CT molecular complexity index is 513. The molecular weight excluding hydrogens is 234 g/mol. The number of thiazole rings is 1. The van der Waals surface area contributed by atoms with Crippen LogP contribution in [0.25, 0.3) is 4.96 Å². The lowest BCUT2D eigenvalue weighted by molar-refractivity contribution is 0.0429. The summed E-state index contributed by atoms with van der Waals surface area (Å²) < 4.78 is 2.16. The van der Waals surface area contributed by atoms with Crippen LogP contribution in [0.3, 0.4) is 0 Å². The molecule has 0 atom stereocenters. The lowest BCUT2D eigenvalue weighted by Gasteiger charge is -2.31. The first kappa shape index (κ1) is 11.2. The maximum absolute atomic E-state index is 9.22. The van der Waals surface area contributed by atoms with Crippen molar-refractivity contribution >= 4 is 16.3 Å². The Morgan fingerprint density at radius 1 is 1.59 bits per heavy atom. The van der Waals surface area contributed by atoms with E-state index in [4.69, 9.17) is 0 Å². The topological polar surface area (TPSA) is 49.6 Å². The van der Waals surface area contributed by atoms with Gasteiger partial charge in [-0.3, -0.25) is 4.40 Å². The fraction of sp³-hybridized carbons (Fsp3) is 0.583. The van der Waals surface area contributed by atoms with Crippen LogP contribution < -0.4 is 5.32 Å². The van der Waals surface area contributed by atoms with Crippen LogP contribution in [0.1, 0.15) is 24.2 Å². The molecule has 0 bridgehead atoms. The molecule has 0 saturated heterocycles. The third-order valence-electron chi connectivity index (χ3n) is 3.50. The van der Waals surface area contributed by atoms with E-state index >= 15 is 0 Å². The number of fused-ring (bicyclic) bond motifs is 1. The molecule has 5 heteroatoms. The third kappa shape index (κ3) is 2.10. The Kier molecular flexibility index (Phi) is 2.90. The molecule has 0 aromatic carbocycles. The first-order valence-corrected chi connectivity index (χ1v) is 6.92. The van der Waals surface area contributed by atoms with E-state index in [1.54, 1.807) is 11.3 Å². The molecule has 92 valence electrons. The van der Waals surface area contributed by atoms with Gasteiger partial charge in [0.2, 0.25) is 0 Å². The molecule has 0 radical (unpaired) electrons. The van der Waals surface area contributed by atoms with Crippen LogP contribution in [-0.2, 0) is 6.54 Å². The van der Waals surface area contributed by atoms with E-state index in [-0.39, 0.29) is 6.10 Å². The molecule has 1 fully saturated rings. The Labute approximate surface area is 104 Å². The van der Waals surface area contributed by atoms with Crippen molar-refractivity contribution in [3.63, 3.8) is 0 Å². The number of rotatable bonds is 4. The molecule has 2 aromatic heterocycles. The largest absolute Gasteiger partial charge is 0.393 e. The summed E-state index contributed by atoms with van der Waals surface area (Å²) in [6.45, 7) is 3.91. The zero-order chi connectivity index (χ0) is 11.8. The number of hydrogen-bond donors (Lipinski definition) is 2. The molecule has 1 saturated carbocycles. The molecule has 1 aliphatic carbocycles. The third-order valence-corrected chi connectivity index (χ3v) is 4.25. The zero-order valence-electron chi connectivity index (χ0n) is 9.89. The summed E-state index contributed by atoms with van der Waals surface area (Å²) in [5.74, 6) is 0.649. The number of aromatic nitrogens is 2. The molecule has 0 unspecified atom stereocenters. The van der Waals surface area contributed by atoms with E-state index in [9.17, 15) is 5.11 Å². The van der Waals surface area contributed by atoms with E-state index in [2.05, 4.69) is 33.2 Å². The first-order chi connectivity index (χ1) is 8.24. The highest BCUT2D eigenvalue weighted by molar-refractivity contribution is 7.15. The maximum atomic E-state index is 9.22. The van der Waals surface area contributed by atoms with Crippen LogP contribution in [0.5, 0.6) is 0 Å². The number of aryl methyl sites for hydroxylation is 1. The predicted octanol–water partition coefficient (Wildman–Crippen LogP) is 1.56. The lowest BCUT2D eigenvalue weighted by atomic mass is 9.82. The molecule has 0 aliphatic heterocycles. The monoisotopic (exact) mass is 251 g/mol. The van der Waals surface area contributed by atoms with Gasteiger partial charge in [0.15, 0.2) is 4.96 Å². The van der Waals surface area contributed by atoms with E-state index in [1.807, 2.05) is 0 Å². The van der Waals surface area contributed by atoms with Gasteiger partial charge >= 0.3 is 0 Å². The summed E-state index contributed by atoms with van der Waals surface area (Å²) in [5, 5.41) is 14.7. The molecule has 2 aromatic rings. The number of nitrogens with one attached hydrogen (secondary N) is 1. The van der Waals surface area contributed by atoms with Crippen LogP contribution in [-0.4, -0.2) is 27.1 Å². The fourth-order valence-electron chi connectivity index (χ4n) is 2.42. The van der Waals surface area contributed by atoms with Crippen LogP contribution in [0.4, 0.5) is 0 Å². The minimum absolute atomic E-state index is 0.0536. The Morgan fingerprint density at radius 2 is 2.41 bits per heavy atom. The second kappa shape index (κ2) is 4.40. The van der Waals surface area contributed by atoms with Gasteiger partial charge in [0.1, 0.15) is 0 Å². The van der Waals surface area contributed by atoms with Crippen molar-refractivity contribution in [3.05, 3.63) is 23.0 Å². The van der Waals surface area contributed by atoms with Crippen molar-refractivity contribution in [1.82, 2.24) is 14.7 Å². The first-order valence-electron chi connectivity index (χ1n) is 6.04. The molecule has 4 nitrogen and oxygen atoms in total. The summed E-state index contributed by atoms with van der Waals surface area (Å²) in [5.41, 5.74) is 2.36. The van der Waals surface area contributed by atoms with Gasteiger partial charge in [-0.25, -0.2) is 4.98 Å². The second-order valence-corrected chi connectivity index (χ2v) is 5.69. The summed E-state index contributed by atoms with van der Waals surface area (Å²) >= 11 is 1.67. The SMILES string of the molecule is Cc1nc2sccn2c1CNCC1CC(O)C1. The van der Waals surface area contributed by atoms with Crippen LogP contribution in [0.2, 0.25) is 0 Å². The quantitative estimate of drug-likeness (QED) is 0.867.